The van der Waals surface area contributed by atoms with Gasteiger partial charge in [0.2, 0.25) is 0 Å². The van der Waals surface area contributed by atoms with Crippen molar-refractivity contribution in [2.45, 2.75) is 25.8 Å². The Balaban J connectivity index is 1.56. The minimum atomic E-state index is 0.189. The molecule has 2 aromatic rings. The normalized spacial score (nSPS) is 17.0. The first kappa shape index (κ1) is 14.4. The molecule has 5 heteroatoms. The van der Waals surface area contributed by atoms with E-state index in [4.69, 9.17) is 10.5 Å². The summed E-state index contributed by atoms with van der Waals surface area (Å²) in [6.45, 7) is 2.58. The van der Waals surface area contributed by atoms with E-state index in [9.17, 15) is 0 Å². The summed E-state index contributed by atoms with van der Waals surface area (Å²) in [5.74, 6) is 0.862. The predicted octanol–water partition coefficient (Wildman–Crippen LogP) is 2.78. The third kappa shape index (κ3) is 3.75. The number of hydrogen-bond donors (Lipinski definition) is 2. The summed E-state index contributed by atoms with van der Waals surface area (Å²) < 4.78 is 5.16. The van der Waals surface area contributed by atoms with Crippen LogP contribution in [0.15, 0.2) is 47.5 Å². The Morgan fingerprint density at radius 1 is 1.23 bits per heavy atom. The van der Waals surface area contributed by atoms with E-state index < -0.39 is 0 Å². The van der Waals surface area contributed by atoms with E-state index in [0.717, 1.165) is 30.0 Å². The number of benzene rings is 1. The summed E-state index contributed by atoms with van der Waals surface area (Å²) in [7, 11) is 0. The second-order valence-electron chi connectivity index (χ2n) is 5.46. The number of hydrogen-bond acceptors (Lipinski definition) is 5. The van der Waals surface area contributed by atoms with Gasteiger partial charge in [-0.3, -0.25) is 0 Å². The van der Waals surface area contributed by atoms with Crippen LogP contribution in [0.25, 0.3) is 0 Å². The van der Waals surface area contributed by atoms with Crippen molar-refractivity contribution in [3.05, 3.63) is 53.7 Å². The van der Waals surface area contributed by atoms with Crippen LogP contribution < -0.4 is 11.1 Å². The molecule has 0 radical (unpaired) electrons. The monoisotopic (exact) mass is 296 g/mol. The van der Waals surface area contributed by atoms with Gasteiger partial charge in [0, 0.05) is 11.4 Å². The Hall–Kier alpha value is -2.56. The summed E-state index contributed by atoms with van der Waals surface area (Å²) in [4.78, 5) is 8.67. The zero-order valence-electron chi connectivity index (χ0n) is 12.6. The van der Waals surface area contributed by atoms with Gasteiger partial charge in [0.25, 0.3) is 6.02 Å². The lowest BCUT2D eigenvalue weighted by atomic mass is 10.1. The number of ether oxygens (including phenoxy) is 1. The van der Waals surface area contributed by atoms with Crippen molar-refractivity contribution >= 4 is 17.5 Å². The van der Waals surface area contributed by atoms with Crippen LogP contribution in [-0.2, 0) is 11.2 Å². The first-order valence-electron chi connectivity index (χ1n) is 7.45. The molecule has 22 heavy (non-hydrogen) atoms. The van der Waals surface area contributed by atoms with E-state index in [1.165, 1.54) is 5.56 Å². The lowest BCUT2D eigenvalue weighted by Gasteiger charge is -2.08. The summed E-state index contributed by atoms with van der Waals surface area (Å²) in [5, 5.41) is 3.31. The summed E-state index contributed by atoms with van der Waals surface area (Å²) in [6.07, 6.45) is 1.92. The molecule has 0 amide bonds. The average molecular weight is 296 g/mol. The van der Waals surface area contributed by atoms with Crippen molar-refractivity contribution in [1.82, 2.24) is 4.98 Å². The molecular weight excluding hydrogens is 276 g/mol. The predicted molar refractivity (Wildman–Crippen MR) is 88.4 cm³/mol. The molecule has 1 aliphatic heterocycles. The molecule has 114 valence electrons. The van der Waals surface area contributed by atoms with Crippen molar-refractivity contribution in [3.63, 3.8) is 0 Å². The molecule has 1 aliphatic rings. The van der Waals surface area contributed by atoms with Gasteiger partial charge in [0.05, 0.1) is 6.04 Å². The molecule has 3 N–H and O–H groups in total. The van der Waals surface area contributed by atoms with E-state index in [1.807, 2.05) is 25.1 Å². The Kier molecular flexibility index (Phi) is 4.23. The molecule has 1 aromatic carbocycles. The highest BCUT2D eigenvalue weighted by molar-refractivity contribution is 5.73. The largest absolute Gasteiger partial charge is 0.463 e. The van der Waals surface area contributed by atoms with Crippen molar-refractivity contribution in [2.24, 2.45) is 10.7 Å². The van der Waals surface area contributed by atoms with Crippen molar-refractivity contribution in [2.75, 3.05) is 11.9 Å². The summed E-state index contributed by atoms with van der Waals surface area (Å²) in [5.41, 5.74) is 8.83. The number of nitrogens with two attached hydrogens (primary N) is 1. The fourth-order valence-corrected chi connectivity index (χ4v) is 2.43. The number of nitrogens with zero attached hydrogens (tertiary/aromatic N) is 2. The first-order chi connectivity index (χ1) is 10.7. The number of aromatic nitrogens is 1. The highest BCUT2D eigenvalue weighted by atomic mass is 16.5. The van der Waals surface area contributed by atoms with Gasteiger partial charge in [0.15, 0.2) is 0 Å². The van der Waals surface area contributed by atoms with Gasteiger partial charge in [-0.2, -0.15) is 0 Å². The van der Waals surface area contributed by atoms with Gasteiger partial charge >= 0.3 is 0 Å². The van der Waals surface area contributed by atoms with Gasteiger partial charge in [0.1, 0.15) is 12.4 Å². The molecule has 2 heterocycles. The van der Waals surface area contributed by atoms with E-state index in [0.29, 0.717) is 12.6 Å². The maximum Gasteiger partial charge on any atom is 0.282 e. The molecule has 0 saturated carbocycles. The van der Waals surface area contributed by atoms with E-state index in [2.05, 4.69) is 39.6 Å². The molecule has 0 spiro atoms. The lowest BCUT2D eigenvalue weighted by Crippen LogP contribution is -2.10. The highest BCUT2D eigenvalue weighted by Gasteiger charge is 2.16. The second-order valence-corrected chi connectivity index (χ2v) is 5.46. The smallest absolute Gasteiger partial charge is 0.282 e. The van der Waals surface area contributed by atoms with Crippen LogP contribution in [0.5, 0.6) is 0 Å². The van der Waals surface area contributed by atoms with Gasteiger partial charge < -0.3 is 15.8 Å². The van der Waals surface area contributed by atoms with Crippen LogP contribution in [0.3, 0.4) is 0 Å². The van der Waals surface area contributed by atoms with Gasteiger partial charge in [-0.15, -0.1) is 0 Å². The van der Waals surface area contributed by atoms with Crippen LogP contribution in [-0.4, -0.2) is 23.7 Å². The van der Waals surface area contributed by atoms with Gasteiger partial charge in [-0.05, 0) is 49.6 Å². The molecule has 1 unspecified atom stereocenters. The molecule has 5 nitrogen and oxygen atoms in total. The quantitative estimate of drug-likeness (QED) is 0.890. The average Bonchev–Trinajstić information content (AvgIpc) is 2.92. The maximum absolute atomic E-state index is 5.51. The zero-order valence-corrected chi connectivity index (χ0v) is 12.6. The van der Waals surface area contributed by atoms with E-state index >= 15 is 0 Å². The van der Waals surface area contributed by atoms with Crippen LogP contribution in [0.1, 0.15) is 17.7 Å². The van der Waals surface area contributed by atoms with Gasteiger partial charge in [-0.25, -0.2) is 9.98 Å². The number of pyridine rings is 1. The van der Waals surface area contributed by atoms with Crippen molar-refractivity contribution in [1.29, 1.82) is 0 Å². The SMILES string of the molecule is Cc1cccc(Nc2ccc(CCC3COC(N)=N3)cc2)n1. The minimum absolute atomic E-state index is 0.189. The third-order valence-corrected chi connectivity index (χ3v) is 3.61. The van der Waals surface area contributed by atoms with E-state index in [-0.39, 0.29) is 6.04 Å². The Bertz CT molecular complexity index is 667. The Labute approximate surface area is 130 Å². The van der Waals surface area contributed by atoms with Crippen molar-refractivity contribution in [3.8, 4) is 0 Å². The Morgan fingerprint density at radius 2 is 2.05 bits per heavy atom. The number of rotatable bonds is 5. The molecule has 0 saturated heterocycles. The van der Waals surface area contributed by atoms with Crippen LogP contribution >= 0.6 is 0 Å². The molecule has 3 rings (SSSR count). The molecule has 0 bridgehead atoms. The second kappa shape index (κ2) is 6.47. The number of amidine groups is 1. The fraction of sp³-hybridized carbons (Fsp3) is 0.294. The summed E-state index contributed by atoms with van der Waals surface area (Å²) >= 11 is 0. The van der Waals surface area contributed by atoms with E-state index in [1.54, 1.807) is 0 Å². The van der Waals surface area contributed by atoms with Crippen LogP contribution in [0, 0.1) is 6.92 Å². The Morgan fingerprint density at radius 3 is 2.73 bits per heavy atom. The molecule has 1 aromatic heterocycles. The molecule has 0 aliphatic carbocycles. The van der Waals surface area contributed by atoms with Gasteiger partial charge in [-0.1, -0.05) is 18.2 Å². The highest BCUT2D eigenvalue weighted by Crippen LogP contribution is 2.17. The summed E-state index contributed by atoms with van der Waals surface area (Å²) in [6, 6.07) is 14.8. The van der Waals surface area contributed by atoms with Crippen LogP contribution in [0.2, 0.25) is 0 Å². The van der Waals surface area contributed by atoms with Crippen molar-refractivity contribution < 1.29 is 4.74 Å². The molecular formula is C17H20N4O. The third-order valence-electron chi connectivity index (χ3n) is 3.61. The first-order valence-corrected chi connectivity index (χ1v) is 7.45. The standard InChI is InChI=1S/C17H20N4O/c1-12-3-2-4-16(19-12)20-14-8-5-13(6-9-14)7-10-15-11-22-17(18)21-15/h2-6,8-9,15H,7,10-11H2,1H3,(H2,18,21)(H,19,20). The molecule has 1 atom stereocenters. The number of aliphatic imine (C=N–C) groups is 1. The number of anilines is 2. The number of aryl methyl sites for hydroxylation is 2. The fourth-order valence-electron chi connectivity index (χ4n) is 2.43. The number of nitrogens with one attached hydrogen (secondary N) is 1. The zero-order chi connectivity index (χ0) is 15.4. The lowest BCUT2D eigenvalue weighted by molar-refractivity contribution is 0.308. The molecule has 0 fully saturated rings. The maximum atomic E-state index is 5.51. The minimum Gasteiger partial charge on any atom is -0.463 e. The van der Waals surface area contributed by atoms with Crippen LogP contribution in [0.4, 0.5) is 11.5 Å². The topological polar surface area (TPSA) is 72.5 Å².